The first kappa shape index (κ1) is 29.5. The van der Waals surface area contributed by atoms with Crippen LogP contribution in [0.3, 0.4) is 0 Å². The van der Waals surface area contributed by atoms with Gasteiger partial charge < -0.3 is 29.5 Å². The molecule has 0 fully saturated rings. The highest BCUT2D eigenvalue weighted by Crippen LogP contribution is 2.18. The first-order valence-corrected chi connectivity index (χ1v) is 11.2. The average molecular weight is 499 g/mol. The molecule has 0 aliphatic carbocycles. The average Bonchev–Trinajstić information content (AvgIpc) is 2.87. The van der Waals surface area contributed by atoms with Crippen molar-refractivity contribution in [2.24, 2.45) is 0 Å². The van der Waals surface area contributed by atoms with Crippen molar-refractivity contribution >= 4 is 18.1 Å². The zero-order valence-electron chi connectivity index (χ0n) is 20.1. The number of carbonyl (C=O) groups is 3. The molecule has 0 bridgehead atoms. The van der Waals surface area contributed by atoms with Crippen molar-refractivity contribution < 1.29 is 43.9 Å². The molecule has 3 aromatic carbocycles. The number of aromatic carboxylic acids is 2. The van der Waals surface area contributed by atoms with Crippen LogP contribution < -0.4 is 14.2 Å². The highest BCUT2D eigenvalue weighted by molar-refractivity contribution is 5.91. The topological polar surface area (TPSA) is 140 Å². The van der Waals surface area contributed by atoms with E-state index in [1.54, 1.807) is 66.7 Å². The maximum atomic E-state index is 10.7. The lowest BCUT2D eigenvalue weighted by molar-refractivity contribution is 0.0681. The summed E-state index contributed by atoms with van der Waals surface area (Å²) in [4.78, 5) is 31.4. The molecule has 3 aromatic rings. The second-order valence-corrected chi connectivity index (χ2v) is 6.98. The van der Waals surface area contributed by atoms with Crippen molar-refractivity contribution in [2.45, 2.75) is 26.7 Å². The summed E-state index contributed by atoms with van der Waals surface area (Å²) in [5, 5.41) is 25.7. The van der Waals surface area contributed by atoms with E-state index in [0.29, 0.717) is 30.5 Å². The Morgan fingerprint density at radius 2 is 1.00 bits per heavy atom. The van der Waals surface area contributed by atoms with E-state index in [9.17, 15) is 14.4 Å². The fourth-order valence-corrected chi connectivity index (χ4v) is 2.55. The van der Waals surface area contributed by atoms with Crippen LogP contribution in [0.2, 0.25) is 0 Å². The largest absolute Gasteiger partial charge is 0.511 e. The third-order valence-corrected chi connectivity index (χ3v) is 4.11. The Bertz CT molecular complexity index is 1020. The van der Waals surface area contributed by atoms with Gasteiger partial charge in [0.1, 0.15) is 28.4 Å². The van der Waals surface area contributed by atoms with Gasteiger partial charge in [0, 0.05) is 0 Å². The molecule has 0 aliphatic heterocycles. The molecule has 3 rings (SSSR count). The van der Waals surface area contributed by atoms with E-state index in [0.717, 1.165) is 12.8 Å². The van der Waals surface area contributed by atoms with Crippen molar-refractivity contribution in [1.29, 1.82) is 0 Å². The fourth-order valence-electron chi connectivity index (χ4n) is 2.55. The van der Waals surface area contributed by atoms with Crippen LogP contribution in [0.1, 0.15) is 47.4 Å². The van der Waals surface area contributed by atoms with E-state index >= 15 is 0 Å². The van der Waals surface area contributed by atoms with Crippen molar-refractivity contribution in [3.05, 3.63) is 90.0 Å². The van der Waals surface area contributed by atoms with Gasteiger partial charge in [0.2, 0.25) is 0 Å². The van der Waals surface area contributed by atoms with Gasteiger partial charge in [0.25, 0.3) is 0 Å². The van der Waals surface area contributed by atoms with Crippen LogP contribution in [0, 0.1) is 0 Å². The van der Waals surface area contributed by atoms with Crippen LogP contribution in [-0.2, 0) is 0 Å². The number of rotatable bonds is 9. The van der Waals surface area contributed by atoms with Crippen molar-refractivity contribution in [2.75, 3.05) is 13.2 Å². The minimum Gasteiger partial charge on any atom is -0.493 e. The standard InChI is InChI=1S/2C10H12O3.C7H6O3/c2*1-2-7-13-9-6-4-3-5-8(9)10(11)12;8-7(9)10-6-4-2-1-3-5-6/h2*3-6H,2,7H2,1H3,(H,11,12);1-5H,(H,8,9). The molecule has 0 aliphatic rings. The summed E-state index contributed by atoms with van der Waals surface area (Å²) in [6.07, 6.45) is 0.452. The van der Waals surface area contributed by atoms with Crippen molar-refractivity contribution in [3.8, 4) is 17.2 Å². The molecule has 0 saturated carbocycles. The monoisotopic (exact) mass is 498 g/mol. The van der Waals surface area contributed by atoms with E-state index in [2.05, 4.69) is 4.74 Å². The Morgan fingerprint density at radius 3 is 1.36 bits per heavy atom. The molecule has 0 radical (unpaired) electrons. The van der Waals surface area contributed by atoms with E-state index in [1.165, 1.54) is 12.1 Å². The van der Waals surface area contributed by atoms with E-state index in [4.69, 9.17) is 24.8 Å². The molecule has 0 heterocycles. The lowest BCUT2D eigenvalue weighted by Gasteiger charge is -2.06. The van der Waals surface area contributed by atoms with Crippen LogP contribution in [0.4, 0.5) is 4.79 Å². The minimum absolute atomic E-state index is 0.218. The van der Waals surface area contributed by atoms with E-state index in [1.807, 2.05) is 13.8 Å². The Kier molecular flexibility index (Phi) is 13.9. The predicted octanol–water partition coefficient (Wildman–Crippen LogP) is 6.09. The zero-order valence-corrected chi connectivity index (χ0v) is 20.1. The Labute approximate surface area is 209 Å². The third-order valence-electron chi connectivity index (χ3n) is 4.11. The molecular formula is C27H30O9. The highest BCUT2D eigenvalue weighted by atomic mass is 16.7. The molecule has 192 valence electrons. The maximum Gasteiger partial charge on any atom is 0.511 e. The van der Waals surface area contributed by atoms with Crippen LogP contribution >= 0.6 is 0 Å². The van der Waals surface area contributed by atoms with Crippen LogP contribution in [0.15, 0.2) is 78.9 Å². The number of hydrogen-bond donors (Lipinski definition) is 3. The fraction of sp³-hybridized carbons (Fsp3) is 0.222. The van der Waals surface area contributed by atoms with Gasteiger partial charge in [-0.15, -0.1) is 0 Å². The quantitative estimate of drug-likeness (QED) is 0.236. The number of ether oxygens (including phenoxy) is 3. The van der Waals surface area contributed by atoms with Gasteiger partial charge in [-0.25, -0.2) is 14.4 Å². The lowest BCUT2D eigenvalue weighted by Crippen LogP contribution is -2.03. The predicted molar refractivity (Wildman–Crippen MR) is 133 cm³/mol. The number of carboxylic acid groups (broad SMARTS) is 3. The lowest BCUT2D eigenvalue weighted by atomic mass is 10.2. The van der Waals surface area contributed by atoms with Crippen LogP contribution in [0.5, 0.6) is 17.2 Å². The molecule has 0 saturated heterocycles. The second-order valence-electron chi connectivity index (χ2n) is 6.98. The summed E-state index contributed by atoms with van der Waals surface area (Å²) < 4.78 is 14.9. The van der Waals surface area contributed by atoms with Gasteiger partial charge in [-0.2, -0.15) is 0 Å². The minimum atomic E-state index is -1.29. The molecule has 0 atom stereocenters. The molecule has 0 amide bonds. The molecule has 0 spiro atoms. The molecule has 36 heavy (non-hydrogen) atoms. The SMILES string of the molecule is CCCOc1ccccc1C(=O)O.CCCOc1ccccc1C(=O)O.O=C(O)Oc1ccccc1. The normalized spacial score (nSPS) is 9.39. The number of benzene rings is 3. The summed E-state index contributed by atoms with van der Waals surface area (Å²) >= 11 is 0. The summed E-state index contributed by atoms with van der Waals surface area (Å²) in [5.74, 6) is -0.679. The van der Waals surface area contributed by atoms with Gasteiger partial charge >= 0.3 is 18.1 Å². The van der Waals surface area contributed by atoms with Gasteiger partial charge in [-0.05, 0) is 49.2 Å². The smallest absolute Gasteiger partial charge is 0.493 e. The van der Waals surface area contributed by atoms with Gasteiger partial charge in [-0.3, -0.25) is 0 Å². The zero-order chi connectivity index (χ0) is 26.8. The van der Waals surface area contributed by atoms with Crippen molar-refractivity contribution in [3.63, 3.8) is 0 Å². The molecule has 3 N–H and O–H groups in total. The van der Waals surface area contributed by atoms with Crippen molar-refractivity contribution in [1.82, 2.24) is 0 Å². The number of para-hydroxylation sites is 3. The molecular weight excluding hydrogens is 468 g/mol. The second kappa shape index (κ2) is 17.0. The Morgan fingerprint density at radius 1 is 0.611 bits per heavy atom. The van der Waals surface area contributed by atoms with Gasteiger partial charge in [-0.1, -0.05) is 56.3 Å². The molecule has 0 aromatic heterocycles. The highest BCUT2D eigenvalue weighted by Gasteiger charge is 2.09. The Hall–Kier alpha value is -4.53. The van der Waals surface area contributed by atoms with Gasteiger partial charge in [0.15, 0.2) is 0 Å². The van der Waals surface area contributed by atoms with Crippen LogP contribution in [0.25, 0.3) is 0 Å². The summed E-state index contributed by atoms with van der Waals surface area (Å²) in [7, 11) is 0. The van der Waals surface area contributed by atoms with Gasteiger partial charge in [0.05, 0.1) is 13.2 Å². The first-order chi connectivity index (χ1) is 17.3. The number of hydrogen-bond acceptors (Lipinski definition) is 6. The summed E-state index contributed by atoms with van der Waals surface area (Å²) in [6.45, 7) is 5.04. The third kappa shape index (κ3) is 11.6. The molecule has 9 nitrogen and oxygen atoms in total. The van der Waals surface area contributed by atoms with E-state index in [-0.39, 0.29) is 11.1 Å². The Balaban J connectivity index is 0.000000273. The number of carboxylic acids is 2. The van der Waals surface area contributed by atoms with Crippen LogP contribution in [-0.4, -0.2) is 46.6 Å². The molecule has 9 heteroatoms. The first-order valence-electron chi connectivity index (χ1n) is 11.2. The summed E-state index contributed by atoms with van der Waals surface area (Å²) in [5.41, 5.74) is 0.437. The molecule has 0 unspecified atom stereocenters. The summed E-state index contributed by atoms with van der Waals surface area (Å²) in [6, 6.07) is 21.6. The maximum absolute atomic E-state index is 10.7. The van der Waals surface area contributed by atoms with E-state index < -0.39 is 18.1 Å².